The van der Waals surface area contributed by atoms with Crippen LogP contribution in [0.5, 0.6) is 0 Å². The van der Waals surface area contributed by atoms with E-state index in [-0.39, 0.29) is 35.8 Å². The number of hydrogen-bond acceptors (Lipinski definition) is 8. The van der Waals surface area contributed by atoms with Crippen molar-refractivity contribution in [2.75, 3.05) is 38.2 Å². The molecule has 3 aliphatic rings. The first kappa shape index (κ1) is 23.7. The Morgan fingerprint density at radius 3 is 2.79 bits per heavy atom. The number of piperidine rings is 1. The van der Waals surface area contributed by atoms with Gasteiger partial charge in [0, 0.05) is 25.6 Å². The van der Waals surface area contributed by atoms with E-state index in [0.717, 1.165) is 51.0 Å². The second kappa shape index (κ2) is 9.91. The lowest BCUT2D eigenvalue weighted by Crippen LogP contribution is -2.41. The second-order valence-corrected chi connectivity index (χ2v) is 10.1. The van der Waals surface area contributed by atoms with E-state index in [9.17, 15) is 9.18 Å². The summed E-state index contributed by atoms with van der Waals surface area (Å²) in [5, 5.41) is 11.5. The average molecular weight is 495 g/mol. The number of ether oxygens (including phenoxy) is 1. The topological polar surface area (TPSA) is 98.3 Å². The molecule has 186 valence electrons. The summed E-state index contributed by atoms with van der Waals surface area (Å²) in [6.45, 7) is 4.37. The van der Waals surface area contributed by atoms with Crippen LogP contribution in [0.3, 0.4) is 0 Å². The standard InChI is InChI=1S/C23H32ClFN6O3/c1-2-18(21-28-20(29-34-21)15-4-5-15)30-9-6-16(7-10-30)31-22(32)19(24)17(12-27-31)26-13-23(25)8-3-11-33-14-23/h12,15-16,18,26H,2-11,13-14H2,1H3/t18-,23?/m1/s1. The predicted molar refractivity (Wildman–Crippen MR) is 125 cm³/mol. The van der Waals surface area contributed by atoms with E-state index in [1.54, 1.807) is 0 Å². The molecule has 2 aromatic heterocycles. The fourth-order valence-electron chi connectivity index (χ4n) is 4.96. The summed E-state index contributed by atoms with van der Waals surface area (Å²) in [5.41, 5.74) is -1.45. The van der Waals surface area contributed by atoms with Crippen molar-refractivity contribution in [1.29, 1.82) is 0 Å². The van der Waals surface area contributed by atoms with Crippen molar-refractivity contribution in [1.82, 2.24) is 24.8 Å². The highest BCUT2D eigenvalue weighted by atomic mass is 35.5. The zero-order valence-electron chi connectivity index (χ0n) is 19.5. The fourth-order valence-corrected chi connectivity index (χ4v) is 5.16. The Kier molecular flexibility index (Phi) is 6.90. The highest BCUT2D eigenvalue weighted by molar-refractivity contribution is 6.32. The van der Waals surface area contributed by atoms with E-state index in [0.29, 0.717) is 36.9 Å². The number of likely N-dealkylation sites (tertiary alicyclic amines) is 1. The highest BCUT2D eigenvalue weighted by Crippen LogP contribution is 2.39. The van der Waals surface area contributed by atoms with Gasteiger partial charge < -0.3 is 14.6 Å². The van der Waals surface area contributed by atoms with Crippen LogP contribution in [0.1, 0.15) is 81.6 Å². The van der Waals surface area contributed by atoms with Gasteiger partial charge in [0.2, 0.25) is 5.89 Å². The van der Waals surface area contributed by atoms with Crippen LogP contribution in [0.2, 0.25) is 5.02 Å². The van der Waals surface area contributed by atoms with Gasteiger partial charge in [-0.1, -0.05) is 23.7 Å². The Morgan fingerprint density at radius 2 is 2.12 bits per heavy atom. The third kappa shape index (κ3) is 4.99. The Labute approximate surface area is 203 Å². The number of hydrogen-bond donors (Lipinski definition) is 1. The van der Waals surface area contributed by atoms with Gasteiger partial charge in [-0.05, 0) is 44.9 Å². The molecule has 11 heteroatoms. The monoisotopic (exact) mass is 494 g/mol. The van der Waals surface area contributed by atoms with Gasteiger partial charge in [0.15, 0.2) is 11.5 Å². The average Bonchev–Trinajstić information content (AvgIpc) is 3.59. The summed E-state index contributed by atoms with van der Waals surface area (Å²) in [7, 11) is 0. The molecule has 2 aromatic rings. The molecular formula is C23H32ClFN6O3. The van der Waals surface area contributed by atoms with Gasteiger partial charge in [0.25, 0.3) is 5.56 Å². The van der Waals surface area contributed by atoms with Crippen molar-refractivity contribution in [3.63, 3.8) is 0 Å². The fraction of sp³-hybridized carbons (Fsp3) is 0.739. The maximum Gasteiger partial charge on any atom is 0.287 e. The molecule has 1 aliphatic carbocycles. The van der Waals surface area contributed by atoms with Gasteiger partial charge in [0.1, 0.15) is 5.02 Å². The van der Waals surface area contributed by atoms with Crippen molar-refractivity contribution < 1.29 is 13.7 Å². The molecular weight excluding hydrogens is 463 g/mol. The normalized spacial score (nSPS) is 25.4. The van der Waals surface area contributed by atoms with Crippen LogP contribution in [0.15, 0.2) is 15.5 Å². The first-order valence-corrected chi connectivity index (χ1v) is 12.7. The Bertz CT molecular complexity index is 1040. The predicted octanol–water partition coefficient (Wildman–Crippen LogP) is 3.88. The maximum atomic E-state index is 14.8. The lowest BCUT2D eigenvalue weighted by atomic mass is 9.99. The zero-order valence-corrected chi connectivity index (χ0v) is 20.3. The molecule has 1 unspecified atom stereocenters. The van der Waals surface area contributed by atoms with E-state index >= 15 is 0 Å². The number of rotatable bonds is 8. The largest absolute Gasteiger partial charge is 0.379 e. The molecule has 3 fully saturated rings. The highest BCUT2D eigenvalue weighted by Gasteiger charge is 2.34. The SMILES string of the molecule is CC[C@H](c1nc(C2CC2)no1)N1CCC(n2ncc(NCC3(F)CCCOC3)c(Cl)c2=O)CC1. The van der Waals surface area contributed by atoms with E-state index in [2.05, 4.69) is 32.4 Å². The zero-order chi connectivity index (χ0) is 23.7. The van der Waals surface area contributed by atoms with E-state index < -0.39 is 5.67 Å². The molecule has 2 saturated heterocycles. The Balaban J connectivity index is 1.21. The van der Waals surface area contributed by atoms with Crippen LogP contribution < -0.4 is 10.9 Å². The molecule has 0 radical (unpaired) electrons. The number of alkyl halides is 1. The van der Waals surface area contributed by atoms with Crippen LogP contribution in [-0.4, -0.2) is 63.3 Å². The Hall–Kier alpha value is -2.04. The summed E-state index contributed by atoms with van der Waals surface area (Å²) >= 11 is 6.37. The smallest absolute Gasteiger partial charge is 0.287 e. The summed E-state index contributed by atoms with van der Waals surface area (Å²) in [4.78, 5) is 19.9. The van der Waals surface area contributed by atoms with Crippen LogP contribution in [0.4, 0.5) is 10.1 Å². The van der Waals surface area contributed by atoms with Gasteiger partial charge in [-0.2, -0.15) is 10.1 Å². The third-order valence-corrected chi connectivity index (χ3v) is 7.54. The minimum absolute atomic E-state index is 0.0345. The summed E-state index contributed by atoms with van der Waals surface area (Å²) in [6.07, 6.45) is 7.31. The second-order valence-electron chi connectivity index (χ2n) is 9.74. The van der Waals surface area contributed by atoms with Crippen LogP contribution in [0, 0.1) is 0 Å². The van der Waals surface area contributed by atoms with Crippen molar-refractivity contribution in [2.24, 2.45) is 0 Å². The molecule has 9 nitrogen and oxygen atoms in total. The van der Waals surface area contributed by atoms with Crippen LogP contribution >= 0.6 is 11.6 Å². The molecule has 0 spiro atoms. The maximum absolute atomic E-state index is 14.8. The molecule has 2 atom stereocenters. The van der Waals surface area contributed by atoms with Gasteiger partial charge in [-0.3, -0.25) is 9.69 Å². The van der Waals surface area contributed by atoms with Gasteiger partial charge in [-0.25, -0.2) is 9.07 Å². The quantitative estimate of drug-likeness (QED) is 0.590. The summed E-state index contributed by atoms with van der Waals surface area (Å²) in [6, 6.07) is 0.0364. The van der Waals surface area contributed by atoms with Gasteiger partial charge in [-0.15, -0.1) is 0 Å². The summed E-state index contributed by atoms with van der Waals surface area (Å²) in [5.74, 6) is 1.98. The first-order chi connectivity index (χ1) is 16.5. The molecule has 0 bridgehead atoms. The molecule has 34 heavy (non-hydrogen) atoms. The van der Waals surface area contributed by atoms with Gasteiger partial charge >= 0.3 is 0 Å². The van der Waals surface area contributed by atoms with Crippen LogP contribution in [-0.2, 0) is 4.74 Å². The van der Waals surface area contributed by atoms with E-state index in [4.69, 9.17) is 20.9 Å². The third-order valence-electron chi connectivity index (χ3n) is 7.17. The number of halogens is 2. The number of anilines is 1. The molecule has 4 heterocycles. The van der Waals surface area contributed by atoms with Crippen molar-refractivity contribution >= 4 is 17.3 Å². The molecule has 2 aliphatic heterocycles. The van der Waals surface area contributed by atoms with E-state index in [1.165, 1.54) is 10.9 Å². The lowest BCUT2D eigenvalue weighted by Gasteiger charge is -2.35. The van der Waals surface area contributed by atoms with Gasteiger partial charge in [0.05, 0.1) is 37.1 Å². The molecule has 1 N–H and O–H groups in total. The minimum atomic E-state index is -1.46. The van der Waals surface area contributed by atoms with Crippen molar-refractivity contribution in [2.45, 2.75) is 75.5 Å². The number of nitrogens with one attached hydrogen (secondary N) is 1. The van der Waals surface area contributed by atoms with Crippen molar-refractivity contribution in [3.05, 3.63) is 33.3 Å². The first-order valence-electron chi connectivity index (χ1n) is 12.3. The van der Waals surface area contributed by atoms with Crippen LogP contribution in [0.25, 0.3) is 0 Å². The number of nitrogens with zero attached hydrogens (tertiary/aromatic N) is 5. The molecule has 0 aromatic carbocycles. The summed E-state index contributed by atoms with van der Waals surface area (Å²) < 4.78 is 27.1. The van der Waals surface area contributed by atoms with Crippen molar-refractivity contribution in [3.8, 4) is 0 Å². The lowest BCUT2D eigenvalue weighted by molar-refractivity contribution is -0.0234. The molecule has 1 saturated carbocycles. The number of aromatic nitrogens is 4. The molecule has 0 amide bonds. The minimum Gasteiger partial charge on any atom is -0.379 e. The van der Waals surface area contributed by atoms with E-state index in [1.807, 2.05) is 0 Å². The Morgan fingerprint density at radius 1 is 1.32 bits per heavy atom. The molecule has 5 rings (SSSR count).